The molecule has 5 heteroatoms. The van der Waals surface area contributed by atoms with Crippen molar-refractivity contribution in [1.82, 2.24) is 9.36 Å². The molecule has 1 heterocycles. The molecule has 1 aromatic carbocycles. The van der Waals surface area contributed by atoms with E-state index < -0.39 is 0 Å². The largest absolute Gasteiger partial charge is 0.356 e. The van der Waals surface area contributed by atoms with E-state index in [1.807, 2.05) is 24.3 Å². The third-order valence-electron chi connectivity index (χ3n) is 2.02. The Morgan fingerprint density at radius 1 is 1.24 bits per heavy atom. The summed E-state index contributed by atoms with van der Waals surface area (Å²) < 4.78 is 4.32. The minimum atomic E-state index is -0.0166. The van der Waals surface area contributed by atoms with Gasteiger partial charge >= 0.3 is 0 Å². The smallest absolute Gasteiger partial charge is 0.203 e. The molecule has 1 aromatic heterocycles. The molecule has 0 radical (unpaired) electrons. The van der Waals surface area contributed by atoms with Crippen molar-refractivity contribution < 1.29 is 0 Å². The molecule has 0 amide bonds. The summed E-state index contributed by atoms with van der Waals surface area (Å²) in [4.78, 5) is 4.44. The van der Waals surface area contributed by atoms with Gasteiger partial charge in [-0.1, -0.05) is 23.7 Å². The number of nitrogens with one attached hydrogen (secondary N) is 1. The zero-order valence-corrected chi connectivity index (χ0v) is 11.6. The molecule has 0 aliphatic rings. The first-order valence-electron chi connectivity index (χ1n) is 5.32. The van der Waals surface area contributed by atoms with Crippen molar-refractivity contribution in [3.05, 3.63) is 29.3 Å². The van der Waals surface area contributed by atoms with Gasteiger partial charge in [0.25, 0.3) is 0 Å². The maximum Gasteiger partial charge on any atom is 0.203 e. The van der Waals surface area contributed by atoms with Crippen LogP contribution in [0.25, 0.3) is 11.4 Å². The Kier molecular flexibility index (Phi) is 3.35. The lowest BCUT2D eigenvalue weighted by atomic mass is 10.1. The highest BCUT2D eigenvalue weighted by atomic mass is 35.5. The summed E-state index contributed by atoms with van der Waals surface area (Å²) in [7, 11) is 0. The van der Waals surface area contributed by atoms with Gasteiger partial charge in [0, 0.05) is 22.6 Å². The average Bonchev–Trinajstić information content (AvgIpc) is 2.64. The number of rotatable bonds is 2. The summed E-state index contributed by atoms with van der Waals surface area (Å²) in [5.41, 5.74) is 0.851. The Labute approximate surface area is 110 Å². The standard InChI is InChI=1S/C12H14ClN3S/c1-12(2,3)15-11-14-10(16-17-11)8-6-4-5-7-9(8)13/h4-7H,1-3H3,(H,14,15,16). The van der Waals surface area contributed by atoms with Crippen molar-refractivity contribution in [2.24, 2.45) is 0 Å². The molecule has 0 bridgehead atoms. The van der Waals surface area contributed by atoms with Gasteiger partial charge < -0.3 is 5.32 Å². The highest BCUT2D eigenvalue weighted by molar-refractivity contribution is 7.09. The van der Waals surface area contributed by atoms with Crippen LogP contribution in [0.1, 0.15) is 20.8 Å². The molecular formula is C12H14ClN3S. The summed E-state index contributed by atoms with van der Waals surface area (Å²) in [6, 6.07) is 7.59. The van der Waals surface area contributed by atoms with Crippen LogP contribution in [-0.4, -0.2) is 14.9 Å². The van der Waals surface area contributed by atoms with Gasteiger partial charge in [0.1, 0.15) is 0 Å². The van der Waals surface area contributed by atoms with Gasteiger partial charge in [-0.2, -0.15) is 9.36 Å². The van der Waals surface area contributed by atoms with Gasteiger partial charge in [0.2, 0.25) is 5.13 Å². The number of nitrogens with zero attached hydrogens (tertiary/aromatic N) is 2. The summed E-state index contributed by atoms with van der Waals surface area (Å²) in [5, 5.41) is 4.78. The third kappa shape index (κ3) is 3.17. The van der Waals surface area contributed by atoms with E-state index >= 15 is 0 Å². The Morgan fingerprint density at radius 3 is 2.59 bits per heavy atom. The number of benzene rings is 1. The fourth-order valence-electron chi connectivity index (χ4n) is 1.35. The normalized spacial score (nSPS) is 11.5. The van der Waals surface area contributed by atoms with Crippen LogP contribution in [0.15, 0.2) is 24.3 Å². The van der Waals surface area contributed by atoms with Crippen molar-refractivity contribution >= 4 is 28.3 Å². The second kappa shape index (κ2) is 4.63. The molecule has 0 atom stereocenters. The van der Waals surface area contributed by atoms with E-state index in [-0.39, 0.29) is 5.54 Å². The maximum absolute atomic E-state index is 6.11. The molecule has 17 heavy (non-hydrogen) atoms. The molecule has 0 spiro atoms. The minimum absolute atomic E-state index is 0.0166. The van der Waals surface area contributed by atoms with Crippen LogP contribution in [0.2, 0.25) is 5.02 Å². The molecule has 0 saturated heterocycles. The minimum Gasteiger partial charge on any atom is -0.356 e. The number of aromatic nitrogens is 2. The van der Waals surface area contributed by atoms with E-state index in [0.717, 1.165) is 10.7 Å². The highest BCUT2D eigenvalue weighted by Crippen LogP contribution is 2.28. The molecule has 1 N–H and O–H groups in total. The fraction of sp³-hybridized carbons (Fsp3) is 0.333. The highest BCUT2D eigenvalue weighted by Gasteiger charge is 2.14. The van der Waals surface area contributed by atoms with Crippen LogP contribution in [0, 0.1) is 0 Å². The monoisotopic (exact) mass is 267 g/mol. The predicted molar refractivity (Wildman–Crippen MR) is 73.7 cm³/mol. The topological polar surface area (TPSA) is 37.8 Å². The van der Waals surface area contributed by atoms with Crippen LogP contribution in [0.3, 0.4) is 0 Å². The van der Waals surface area contributed by atoms with E-state index in [1.165, 1.54) is 11.5 Å². The van der Waals surface area contributed by atoms with Crippen LogP contribution < -0.4 is 5.32 Å². The number of hydrogen-bond acceptors (Lipinski definition) is 4. The summed E-state index contributed by atoms with van der Waals surface area (Å²) in [5.74, 6) is 0.673. The van der Waals surface area contributed by atoms with Crippen molar-refractivity contribution in [2.45, 2.75) is 26.3 Å². The summed E-state index contributed by atoms with van der Waals surface area (Å²) in [6.07, 6.45) is 0. The number of hydrogen-bond donors (Lipinski definition) is 1. The van der Waals surface area contributed by atoms with Crippen LogP contribution >= 0.6 is 23.1 Å². The molecule has 0 fully saturated rings. The van der Waals surface area contributed by atoms with Crippen LogP contribution in [-0.2, 0) is 0 Å². The zero-order valence-electron chi connectivity index (χ0n) is 9.99. The zero-order chi connectivity index (χ0) is 12.5. The SMILES string of the molecule is CC(C)(C)Nc1nc(-c2ccccc2Cl)ns1. The average molecular weight is 268 g/mol. The van der Waals surface area contributed by atoms with E-state index in [2.05, 4.69) is 35.4 Å². The van der Waals surface area contributed by atoms with Gasteiger partial charge in [-0.15, -0.1) is 0 Å². The predicted octanol–water partition coefficient (Wildman–Crippen LogP) is 4.07. The third-order valence-corrected chi connectivity index (χ3v) is 2.98. The second-order valence-corrected chi connectivity index (χ2v) is 5.94. The molecule has 0 saturated carbocycles. The molecule has 3 nitrogen and oxygen atoms in total. The first kappa shape index (κ1) is 12.3. The molecule has 0 aliphatic carbocycles. The first-order valence-corrected chi connectivity index (χ1v) is 6.48. The fourth-order valence-corrected chi connectivity index (χ4v) is 2.36. The van der Waals surface area contributed by atoms with Gasteiger partial charge in [0.15, 0.2) is 5.82 Å². The van der Waals surface area contributed by atoms with Crippen molar-refractivity contribution in [3.63, 3.8) is 0 Å². The van der Waals surface area contributed by atoms with Gasteiger partial charge in [-0.3, -0.25) is 0 Å². The van der Waals surface area contributed by atoms with Gasteiger partial charge in [0.05, 0.1) is 5.02 Å². The molecule has 0 unspecified atom stereocenters. The summed E-state index contributed by atoms with van der Waals surface area (Å²) >= 11 is 7.45. The molecule has 2 rings (SSSR count). The van der Waals surface area contributed by atoms with E-state index in [9.17, 15) is 0 Å². The summed E-state index contributed by atoms with van der Waals surface area (Å²) in [6.45, 7) is 6.26. The van der Waals surface area contributed by atoms with E-state index in [0.29, 0.717) is 10.8 Å². The molecule has 90 valence electrons. The Hall–Kier alpha value is -1.13. The lowest BCUT2D eigenvalue weighted by Crippen LogP contribution is -2.25. The quantitative estimate of drug-likeness (QED) is 0.891. The Bertz CT molecular complexity index is 516. The second-order valence-electron chi connectivity index (χ2n) is 4.78. The van der Waals surface area contributed by atoms with Gasteiger partial charge in [-0.25, -0.2) is 0 Å². The molecule has 0 aliphatic heterocycles. The van der Waals surface area contributed by atoms with E-state index in [1.54, 1.807) is 0 Å². The Morgan fingerprint density at radius 2 is 1.94 bits per heavy atom. The maximum atomic E-state index is 6.11. The lowest BCUT2D eigenvalue weighted by molar-refractivity contribution is 0.633. The lowest BCUT2D eigenvalue weighted by Gasteiger charge is -2.18. The van der Waals surface area contributed by atoms with Crippen LogP contribution in [0.4, 0.5) is 5.13 Å². The van der Waals surface area contributed by atoms with E-state index in [4.69, 9.17) is 11.6 Å². The number of anilines is 1. The number of halogens is 1. The van der Waals surface area contributed by atoms with Crippen molar-refractivity contribution in [1.29, 1.82) is 0 Å². The Balaban J connectivity index is 2.28. The van der Waals surface area contributed by atoms with Gasteiger partial charge in [-0.05, 0) is 32.9 Å². The van der Waals surface area contributed by atoms with Crippen molar-refractivity contribution in [2.75, 3.05) is 5.32 Å². The molecular weight excluding hydrogens is 254 g/mol. The van der Waals surface area contributed by atoms with Crippen molar-refractivity contribution in [3.8, 4) is 11.4 Å². The first-order chi connectivity index (χ1) is 7.96. The van der Waals surface area contributed by atoms with Crippen LogP contribution in [0.5, 0.6) is 0 Å². The molecule has 2 aromatic rings.